The first kappa shape index (κ1) is 16.4. The van der Waals surface area contributed by atoms with E-state index in [2.05, 4.69) is 20.3 Å². The molecule has 0 bridgehead atoms. The third-order valence-corrected chi connectivity index (χ3v) is 4.58. The maximum atomic E-state index is 12.7. The molecule has 0 aromatic carbocycles. The van der Waals surface area contributed by atoms with Gasteiger partial charge in [0.15, 0.2) is 5.54 Å². The van der Waals surface area contributed by atoms with Crippen molar-refractivity contribution in [2.24, 2.45) is 0 Å². The van der Waals surface area contributed by atoms with E-state index in [9.17, 15) is 4.79 Å². The average molecular weight is 329 g/mol. The number of rotatable bonds is 5. The van der Waals surface area contributed by atoms with Crippen LogP contribution in [0.15, 0.2) is 36.8 Å². The van der Waals surface area contributed by atoms with Crippen LogP contribution in [0.4, 0.5) is 0 Å². The zero-order valence-electron chi connectivity index (χ0n) is 14.1. The van der Waals surface area contributed by atoms with Crippen molar-refractivity contribution in [1.29, 1.82) is 0 Å². The molecule has 1 saturated heterocycles. The topological polar surface area (TPSA) is 72.3 Å². The Morgan fingerprint density at radius 3 is 3.00 bits per heavy atom. The summed E-state index contributed by atoms with van der Waals surface area (Å²) in [5.41, 5.74) is 0.347. The van der Waals surface area contributed by atoms with Gasteiger partial charge in [-0.3, -0.25) is 14.4 Å². The van der Waals surface area contributed by atoms with Gasteiger partial charge in [0, 0.05) is 44.3 Å². The summed E-state index contributed by atoms with van der Waals surface area (Å²) in [4.78, 5) is 19.2. The van der Waals surface area contributed by atoms with Crippen LogP contribution in [0, 0.1) is 0 Å². The number of nitrogens with one attached hydrogen (secondary N) is 1. The molecule has 1 aliphatic rings. The number of methoxy groups -OCH3 is 1. The molecule has 1 unspecified atom stereocenters. The smallest absolute Gasteiger partial charge is 0.249 e. The third-order valence-electron chi connectivity index (χ3n) is 4.58. The maximum Gasteiger partial charge on any atom is 0.249 e. The van der Waals surface area contributed by atoms with Gasteiger partial charge in [-0.25, -0.2) is 4.98 Å². The highest BCUT2D eigenvalue weighted by Crippen LogP contribution is 2.30. The fourth-order valence-corrected chi connectivity index (χ4v) is 3.46. The van der Waals surface area contributed by atoms with Crippen LogP contribution < -0.4 is 10.1 Å². The number of likely N-dealkylation sites (tertiary alicyclic amines) is 1. The summed E-state index contributed by atoms with van der Waals surface area (Å²) in [6.45, 7) is 2.22. The first-order chi connectivity index (χ1) is 11.7. The van der Waals surface area contributed by atoms with Crippen LogP contribution in [0.25, 0.3) is 0 Å². The number of carbonyl (C=O) groups excluding carboxylic acids is 1. The molecule has 0 saturated carbocycles. The molecule has 1 aliphatic heterocycles. The van der Waals surface area contributed by atoms with E-state index < -0.39 is 5.54 Å². The molecule has 7 nitrogen and oxygen atoms in total. The summed E-state index contributed by atoms with van der Waals surface area (Å²) in [6, 6.07) is 5.77. The van der Waals surface area contributed by atoms with Crippen molar-refractivity contribution in [2.45, 2.75) is 24.9 Å². The first-order valence-electron chi connectivity index (χ1n) is 8.12. The van der Waals surface area contributed by atoms with E-state index in [4.69, 9.17) is 4.74 Å². The monoisotopic (exact) mass is 329 g/mol. The van der Waals surface area contributed by atoms with E-state index in [0.29, 0.717) is 19.0 Å². The predicted molar refractivity (Wildman–Crippen MR) is 89.6 cm³/mol. The Labute approximate surface area is 141 Å². The van der Waals surface area contributed by atoms with Crippen molar-refractivity contribution in [3.63, 3.8) is 0 Å². The third kappa shape index (κ3) is 2.99. The summed E-state index contributed by atoms with van der Waals surface area (Å²) in [7, 11) is 3.30. The Balaban J connectivity index is 1.85. The maximum absolute atomic E-state index is 12.7. The minimum atomic E-state index is -0.675. The van der Waals surface area contributed by atoms with E-state index in [1.54, 1.807) is 31.2 Å². The molecule has 1 N–H and O–H groups in total. The van der Waals surface area contributed by atoms with Crippen molar-refractivity contribution in [2.75, 3.05) is 27.2 Å². The lowest BCUT2D eigenvalue weighted by Crippen LogP contribution is -2.57. The molecule has 2 aromatic heterocycles. The standard InChI is InChI=1S/C17H23N5O2/c1-18-16(23)17(22-11-5-9-20-22)7-4-10-21(13-17)12-14-6-3-8-19-15(14)24-2/h3,5-6,8-9,11H,4,7,10,12-13H2,1-2H3,(H,18,23). The lowest BCUT2D eigenvalue weighted by Gasteiger charge is -2.41. The number of carbonyl (C=O) groups is 1. The zero-order chi connectivity index (χ0) is 17.0. The van der Waals surface area contributed by atoms with Crippen LogP contribution in [0.2, 0.25) is 0 Å². The molecule has 0 radical (unpaired) electrons. The summed E-state index contributed by atoms with van der Waals surface area (Å²) in [5.74, 6) is 0.627. The number of likely N-dealkylation sites (N-methyl/N-ethyl adjacent to an activating group) is 1. The highest BCUT2D eigenvalue weighted by molar-refractivity contribution is 5.84. The second-order valence-corrected chi connectivity index (χ2v) is 6.05. The van der Waals surface area contributed by atoms with Gasteiger partial charge in [0.25, 0.3) is 0 Å². The van der Waals surface area contributed by atoms with Gasteiger partial charge in [0.2, 0.25) is 11.8 Å². The predicted octanol–water partition coefficient (Wildman–Crippen LogP) is 1.02. The number of piperidine rings is 1. The Hall–Kier alpha value is -2.41. The highest BCUT2D eigenvalue weighted by Gasteiger charge is 2.44. The highest BCUT2D eigenvalue weighted by atomic mass is 16.5. The number of amides is 1. The van der Waals surface area contributed by atoms with E-state index in [-0.39, 0.29) is 5.91 Å². The Kier molecular flexibility index (Phi) is 4.80. The second-order valence-electron chi connectivity index (χ2n) is 6.05. The largest absolute Gasteiger partial charge is 0.481 e. The Morgan fingerprint density at radius 1 is 1.42 bits per heavy atom. The van der Waals surface area contributed by atoms with Crippen molar-refractivity contribution in [1.82, 2.24) is 25.0 Å². The van der Waals surface area contributed by atoms with Crippen LogP contribution >= 0.6 is 0 Å². The quantitative estimate of drug-likeness (QED) is 0.887. The van der Waals surface area contributed by atoms with Crippen molar-refractivity contribution < 1.29 is 9.53 Å². The summed E-state index contributed by atoms with van der Waals surface area (Å²) < 4.78 is 7.14. The number of ether oxygens (including phenoxy) is 1. The number of hydrogen-bond donors (Lipinski definition) is 1. The van der Waals surface area contributed by atoms with Crippen LogP contribution in [-0.4, -0.2) is 52.8 Å². The zero-order valence-corrected chi connectivity index (χ0v) is 14.1. The fraction of sp³-hybridized carbons (Fsp3) is 0.471. The lowest BCUT2D eigenvalue weighted by atomic mass is 9.87. The fourth-order valence-electron chi connectivity index (χ4n) is 3.46. The molecular formula is C17H23N5O2. The molecule has 24 heavy (non-hydrogen) atoms. The van der Waals surface area contributed by atoms with Crippen molar-refractivity contribution in [3.05, 3.63) is 42.4 Å². The lowest BCUT2D eigenvalue weighted by molar-refractivity contribution is -0.133. The molecule has 0 spiro atoms. The molecule has 2 aromatic rings. The van der Waals surface area contributed by atoms with E-state index >= 15 is 0 Å². The molecule has 1 amide bonds. The van der Waals surface area contributed by atoms with Crippen LogP contribution in [0.3, 0.4) is 0 Å². The molecule has 0 aliphatic carbocycles. The van der Waals surface area contributed by atoms with Gasteiger partial charge in [-0.15, -0.1) is 0 Å². The van der Waals surface area contributed by atoms with Crippen LogP contribution in [0.1, 0.15) is 18.4 Å². The van der Waals surface area contributed by atoms with Crippen LogP contribution in [0.5, 0.6) is 5.88 Å². The first-order valence-corrected chi connectivity index (χ1v) is 8.12. The molecule has 1 atom stereocenters. The van der Waals surface area contributed by atoms with Crippen molar-refractivity contribution in [3.8, 4) is 5.88 Å². The molecule has 1 fully saturated rings. The van der Waals surface area contributed by atoms with E-state index in [1.165, 1.54) is 0 Å². The summed E-state index contributed by atoms with van der Waals surface area (Å²) in [6.07, 6.45) is 7.00. The van der Waals surface area contributed by atoms with Gasteiger partial charge in [-0.05, 0) is 31.5 Å². The van der Waals surface area contributed by atoms with E-state index in [0.717, 1.165) is 24.9 Å². The van der Waals surface area contributed by atoms with Crippen LogP contribution in [-0.2, 0) is 16.9 Å². The molecule has 3 heterocycles. The minimum Gasteiger partial charge on any atom is -0.481 e. The normalized spacial score (nSPS) is 21.4. The molecular weight excluding hydrogens is 306 g/mol. The minimum absolute atomic E-state index is 0.00551. The average Bonchev–Trinajstić information content (AvgIpc) is 3.17. The van der Waals surface area contributed by atoms with Gasteiger partial charge < -0.3 is 10.1 Å². The van der Waals surface area contributed by atoms with Crippen molar-refractivity contribution >= 4 is 5.91 Å². The van der Waals surface area contributed by atoms with Gasteiger partial charge in [0.1, 0.15) is 0 Å². The van der Waals surface area contributed by atoms with Gasteiger partial charge in [-0.1, -0.05) is 6.07 Å². The molecule has 128 valence electrons. The summed E-state index contributed by atoms with van der Waals surface area (Å²) in [5, 5.41) is 7.16. The van der Waals surface area contributed by atoms with E-state index in [1.807, 2.05) is 24.4 Å². The Bertz CT molecular complexity index is 688. The number of nitrogens with zero attached hydrogens (tertiary/aromatic N) is 4. The SMILES string of the molecule is CNC(=O)C1(n2cccn2)CCCN(Cc2cccnc2OC)C1. The van der Waals surface area contributed by atoms with Gasteiger partial charge in [-0.2, -0.15) is 5.10 Å². The van der Waals surface area contributed by atoms with Gasteiger partial charge >= 0.3 is 0 Å². The Morgan fingerprint density at radius 2 is 2.29 bits per heavy atom. The number of hydrogen-bond acceptors (Lipinski definition) is 5. The van der Waals surface area contributed by atoms with Gasteiger partial charge in [0.05, 0.1) is 7.11 Å². The second kappa shape index (κ2) is 7.00. The number of aromatic nitrogens is 3. The summed E-state index contributed by atoms with van der Waals surface area (Å²) >= 11 is 0. The molecule has 3 rings (SSSR count). The number of pyridine rings is 1. The molecule has 7 heteroatoms.